The number of hydrogen-bond acceptors (Lipinski definition) is 8. The SMILES string of the molecule is COC1C(OP([O-])(=S)C(C)C)C(C2CC2P(=O)(O)O)OC1n1ccc(=O)[nH]c1=O. The second-order valence-electron chi connectivity index (χ2n) is 7.47. The maximum absolute atomic E-state index is 12.8. The van der Waals surface area contributed by atoms with Crippen molar-refractivity contribution in [3.05, 3.63) is 33.1 Å². The van der Waals surface area contributed by atoms with Crippen molar-refractivity contribution >= 4 is 25.9 Å². The van der Waals surface area contributed by atoms with Crippen molar-refractivity contribution in [3.8, 4) is 0 Å². The Kier molecular flexibility index (Phi) is 6.43. The molecule has 164 valence electrons. The first-order valence-corrected chi connectivity index (χ1v) is 13.3. The summed E-state index contributed by atoms with van der Waals surface area (Å²) in [5.74, 6) is -0.580. The molecular formula is C15H23N2O9P2S-. The van der Waals surface area contributed by atoms with Gasteiger partial charge in [-0.1, -0.05) is 25.7 Å². The van der Waals surface area contributed by atoms with Crippen molar-refractivity contribution in [2.45, 2.75) is 56.1 Å². The number of nitrogens with one attached hydrogen (secondary N) is 1. The summed E-state index contributed by atoms with van der Waals surface area (Å²) in [5, 5.41) is 0. The van der Waals surface area contributed by atoms with Crippen LogP contribution in [-0.2, 0) is 30.4 Å². The molecule has 0 radical (unpaired) electrons. The molecule has 0 amide bonds. The van der Waals surface area contributed by atoms with Crippen LogP contribution in [0, 0.1) is 5.92 Å². The first-order chi connectivity index (χ1) is 13.4. The monoisotopic (exact) mass is 469 g/mol. The lowest BCUT2D eigenvalue weighted by Crippen LogP contribution is -2.40. The normalized spacial score (nSPS) is 34.3. The van der Waals surface area contributed by atoms with E-state index in [1.165, 1.54) is 13.3 Å². The molecule has 3 N–H and O–H groups in total. The Labute approximate surface area is 171 Å². The first-order valence-electron chi connectivity index (χ1n) is 8.91. The van der Waals surface area contributed by atoms with Crippen LogP contribution in [0.4, 0.5) is 0 Å². The number of methoxy groups -OCH3 is 1. The third kappa shape index (κ3) is 4.66. The fraction of sp³-hybridized carbons (Fsp3) is 0.733. The van der Waals surface area contributed by atoms with Crippen LogP contribution in [0.3, 0.4) is 0 Å². The van der Waals surface area contributed by atoms with E-state index in [0.29, 0.717) is 0 Å². The van der Waals surface area contributed by atoms with Crippen LogP contribution in [0.25, 0.3) is 0 Å². The zero-order valence-corrected chi connectivity index (χ0v) is 18.5. The Hall–Kier alpha value is -0.680. The molecule has 7 unspecified atom stereocenters. The first kappa shape index (κ1) is 23.0. The van der Waals surface area contributed by atoms with Gasteiger partial charge in [-0.2, -0.15) is 0 Å². The Balaban J connectivity index is 1.99. The van der Waals surface area contributed by atoms with Crippen LogP contribution in [0.15, 0.2) is 21.9 Å². The number of aromatic nitrogens is 2. The van der Waals surface area contributed by atoms with Gasteiger partial charge in [-0.3, -0.25) is 18.9 Å². The van der Waals surface area contributed by atoms with Crippen LogP contribution >= 0.6 is 14.1 Å². The number of aromatic amines is 1. The van der Waals surface area contributed by atoms with Gasteiger partial charge in [-0.05, 0) is 18.6 Å². The fourth-order valence-corrected chi connectivity index (χ4v) is 5.77. The number of ether oxygens (including phenoxy) is 2. The highest BCUT2D eigenvalue weighted by atomic mass is 32.5. The average molecular weight is 469 g/mol. The molecule has 3 rings (SSSR count). The molecule has 2 heterocycles. The Morgan fingerprint density at radius 3 is 2.52 bits per heavy atom. The van der Waals surface area contributed by atoms with Crippen molar-refractivity contribution in [3.63, 3.8) is 0 Å². The fourth-order valence-electron chi connectivity index (χ4n) is 3.46. The molecule has 11 nitrogen and oxygen atoms in total. The molecule has 0 spiro atoms. The number of H-pyrrole nitrogens is 1. The van der Waals surface area contributed by atoms with Gasteiger partial charge in [0, 0.05) is 25.3 Å². The zero-order valence-electron chi connectivity index (χ0n) is 15.9. The second kappa shape index (κ2) is 8.11. The molecule has 1 aromatic heterocycles. The maximum Gasteiger partial charge on any atom is 0.330 e. The van der Waals surface area contributed by atoms with E-state index in [0.717, 1.165) is 10.6 Å². The zero-order chi connectivity index (χ0) is 21.7. The van der Waals surface area contributed by atoms with Crippen LogP contribution < -0.4 is 16.1 Å². The summed E-state index contributed by atoms with van der Waals surface area (Å²) in [7, 11) is -3.01. The highest BCUT2D eigenvalue weighted by Gasteiger charge is 2.61. The molecule has 2 aliphatic rings. The minimum absolute atomic E-state index is 0.182. The van der Waals surface area contributed by atoms with Gasteiger partial charge in [-0.25, -0.2) is 4.79 Å². The summed E-state index contributed by atoms with van der Waals surface area (Å²) in [4.78, 5) is 57.5. The lowest BCUT2D eigenvalue weighted by atomic mass is 10.1. The minimum Gasteiger partial charge on any atom is -0.800 e. The minimum atomic E-state index is -4.36. The van der Waals surface area contributed by atoms with Gasteiger partial charge >= 0.3 is 13.3 Å². The van der Waals surface area contributed by atoms with E-state index in [4.69, 9.17) is 25.8 Å². The highest BCUT2D eigenvalue weighted by Crippen LogP contribution is 2.62. The molecule has 14 heteroatoms. The predicted molar refractivity (Wildman–Crippen MR) is 104 cm³/mol. The van der Waals surface area contributed by atoms with Gasteiger partial charge in [0.2, 0.25) is 0 Å². The Bertz CT molecular complexity index is 973. The van der Waals surface area contributed by atoms with E-state index >= 15 is 0 Å². The summed E-state index contributed by atoms with van der Waals surface area (Å²) in [6.45, 7) is -0.250. The summed E-state index contributed by atoms with van der Waals surface area (Å²) < 4.78 is 29.9. The van der Waals surface area contributed by atoms with E-state index < -0.39 is 67.1 Å². The number of hydrogen-bond donors (Lipinski definition) is 3. The molecule has 29 heavy (non-hydrogen) atoms. The molecule has 0 bridgehead atoms. The highest BCUT2D eigenvalue weighted by molar-refractivity contribution is 8.09. The van der Waals surface area contributed by atoms with Crippen molar-refractivity contribution in [2.75, 3.05) is 7.11 Å². The van der Waals surface area contributed by atoms with Crippen molar-refractivity contribution in [2.24, 2.45) is 5.92 Å². The Morgan fingerprint density at radius 2 is 2.03 bits per heavy atom. The Morgan fingerprint density at radius 1 is 1.38 bits per heavy atom. The second-order valence-corrected chi connectivity index (χ2v) is 13.2. The standard InChI is InChI=1S/C15H24N2O9P2S/c1-7(2)28(23,29)26-12-11(8-6-9(8)27(20,21)22)25-14(13(12)24-3)17-5-4-10(18)16-15(17)19/h4-5,7-9,11-14H,6H2,1-3H3,(H,23,29)(H,16,18,19)(H2,20,21,22)/p-1. The van der Waals surface area contributed by atoms with E-state index in [-0.39, 0.29) is 6.42 Å². The van der Waals surface area contributed by atoms with Crippen molar-refractivity contribution < 1.29 is 33.2 Å². The van der Waals surface area contributed by atoms with Crippen LogP contribution in [0.2, 0.25) is 0 Å². The summed E-state index contributed by atoms with van der Waals surface area (Å²) in [5.41, 5.74) is -2.76. The van der Waals surface area contributed by atoms with Crippen LogP contribution in [0.5, 0.6) is 0 Å². The molecule has 1 aliphatic carbocycles. The summed E-state index contributed by atoms with van der Waals surface area (Å²) in [6, 6.07) is 1.13. The van der Waals surface area contributed by atoms with Gasteiger partial charge in [0.05, 0.1) is 11.8 Å². The van der Waals surface area contributed by atoms with Crippen LogP contribution in [-0.4, -0.2) is 56.1 Å². The summed E-state index contributed by atoms with van der Waals surface area (Å²) >= 11 is 5.12. The van der Waals surface area contributed by atoms with Gasteiger partial charge < -0.3 is 28.7 Å². The largest absolute Gasteiger partial charge is 0.800 e. The van der Waals surface area contributed by atoms with E-state index in [1.54, 1.807) is 13.8 Å². The maximum atomic E-state index is 12.8. The van der Waals surface area contributed by atoms with E-state index in [1.807, 2.05) is 0 Å². The average Bonchev–Trinajstić information content (AvgIpc) is 3.32. The van der Waals surface area contributed by atoms with Crippen molar-refractivity contribution in [1.29, 1.82) is 0 Å². The molecule has 0 aromatic carbocycles. The quantitative estimate of drug-likeness (QED) is 0.443. The molecule has 7 atom stereocenters. The topological polar surface area (TPSA) is 163 Å². The third-order valence-corrected chi connectivity index (χ3v) is 9.97. The van der Waals surface area contributed by atoms with E-state index in [2.05, 4.69) is 4.98 Å². The molecule has 2 fully saturated rings. The third-order valence-electron chi connectivity index (χ3n) is 5.18. The lowest BCUT2D eigenvalue weighted by molar-refractivity contribution is -0.192. The molecule has 1 aromatic rings. The summed E-state index contributed by atoms with van der Waals surface area (Å²) in [6.07, 6.45) is -2.54. The smallest absolute Gasteiger partial charge is 0.330 e. The molecular weight excluding hydrogens is 446 g/mol. The van der Waals surface area contributed by atoms with Crippen LogP contribution in [0.1, 0.15) is 26.5 Å². The molecule has 1 aliphatic heterocycles. The van der Waals surface area contributed by atoms with E-state index in [9.17, 15) is 28.8 Å². The molecule has 1 saturated carbocycles. The number of nitrogens with zero attached hydrogens (tertiary/aromatic N) is 1. The molecule has 1 saturated heterocycles. The van der Waals surface area contributed by atoms with Gasteiger partial charge in [0.1, 0.15) is 12.2 Å². The van der Waals surface area contributed by atoms with Gasteiger partial charge in [-0.15, -0.1) is 0 Å². The lowest BCUT2D eigenvalue weighted by Gasteiger charge is -2.37. The predicted octanol–water partition coefficient (Wildman–Crippen LogP) is -0.521. The van der Waals surface area contributed by atoms with Gasteiger partial charge in [0.25, 0.3) is 5.56 Å². The van der Waals surface area contributed by atoms with Gasteiger partial charge in [0.15, 0.2) is 6.23 Å². The van der Waals surface area contributed by atoms with Crippen molar-refractivity contribution in [1.82, 2.24) is 9.55 Å². The number of rotatable bonds is 7.